The zero-order chi connectivity index (χ0) is 14.8. The molecule has 0 radical (unpaired) electrons. The van der Waals surface area contributed by atoms with E-state index in [1.54, 1.807) is 0 Å². The van der Waals surface area contributed by atoms with Crippen LogP contribution in [0.15, 0.2) is 24.3 Å². The van der Waals surface area contributed by atoms with Crippen molar-refractivity contribution in [3.63, 3.8) is 0 Å². The van der Waals surface area contributed by atoms with Crippen molar-refractivity contribution in [1.29, 1.82) is 0 Å². The van der Waals surface area contributed by atoms with Crippen molar-refractivity contribution >= 4 is 21.8 Å². The van der Waals surface area contributed by atoms with Crippen molar-refractivity contribution in [2.45, 2.75) is 44.4 Å². The van der Waals surface area contributed by atoms with Crippen LogP contribution in [0.2, 0.25) is 0 Å². The van der Waals surface area contributed by atoms with Crippen LogP contribution in [-0.4, -0.2) is 23.9 Å². The molecule has 1 N–H and O–H groups in total. The van der Waals surface area contributed by atoms with Gasteiger partial charge >= 0.3 is 0 Å². The summed E-state index contributed by atoms with van der Waals surface area (Å²) in [6.07, 6.45) is 4.18. The molecule has 0 aliphatic heterocycles. The van der Waals surface area contributed by atoms with Crippen LogP contribution in [0.4, 0.5) is 0 Å². The van der Waals surface area contributed by atoms with Gasteiger partial charge in [0.15, 0.2) is 0 Å². The Bertz CT molecular complexity index is 392. The highest BCUT2D eigenvalue weighted by atomic mass is 79.9. The van der Waals surface area contributed by atoms with Crippen molar-refractivity contribution in [1.82, 2.24) is 5.32 Å². The molecule has 0 bridgehead atoms. The minimum atomic E-state index is -0.0269. The van der Waals surface area contributed by atoms with Crippen LogP contribution >= 0.6 is 15.9 Å². The molecule has 1 rings (SSSR count). The van der Waals surface area contributed by atoms with Gasteiger partial charge in [0.1, 0.15) is 5.75 Å². The lowest BCUT2D eigenvalue weighted by Gasteiger charge is -2.09. The quantitative estimate of drug-likeness (QED) is 0.541. The van der Waals surface area contributed by atoms with Crippen molar-refractivity contribution in [2.75, 3.05) is 13.2 Å². The van der Waals surface area contributed by atoms with E-state index in [1.807, 2.05) is 24.3 Å². The molecule has 0 saturated carbocycles. The molecule has 0 fully saturated rings. The maximum absolute atomic E-state index is 11.9. The summed E-state index contributed by atoms with van der Waals surface area (Å²) in [6.45, 7) is 5.67. The number of rotatable bonds is 9. The average Bonchev–Trinajstić information content (AvgIpc) is 2.48. The standard InChI is InChI=1S/C16H24BrNO2/c1-3-5-12-20-15-8-6-13(7-9-15)16(19)18-11-10-14(17)4-2/h6-9,14H,3-5,10-12H2,1-2H3,(H,18,19). The number of alkyl halides is 1. The Balaban J connectivity index is 2.37. The lowest BCUT2D eigenvalue weighted by atomic mass is 10.2. The van der Waals surface area contributed by atoms with E-state index in [0.717, 1.165) is 38.0 Å². The van der Waals surface area contributed by atoms with Gasteiger partial charge in [0.25, 0.3) is 5.91 Å². The summed E-state index contributed by atoms with van der Waals surface area (Å²) in [5.41, 5.74) is 0.676. The molecule has 4 heteroatoms. The molecule has 20 heavy (non-hydrogen) atoms. The monoisotopic (exact) mass is 341 g/mol. The highest BCUT2D eigenvalue weighted by molar-refractivity contribution is 9.09. The fraction of sp³-hybridized carbons (Fsp3) is 0.562. The number of halogens is 1. The highest BCUT2D eigenvalue weighted by Gasteiger charge is 2.06. The van der Waals surface area contributed by atoms with Crippen molar-refractivity contribution in [3.8, 4) is 5.75 Å². The maximum Gasteiger partial charge on any atom is 0.251 e. The third kappa shape index (κ3) is 6.42. The Morgan fingerprint density at radius 3 is 2.60 bits per heavy atom. The number of hydrogen-bond acceptors (Lipinski definition) is 2. The van der Waals surface area contributed by atoms with Crippen LogP contribution in [0.5, 0.6) is 5.75 Å². The summed E-state index contributed by atoms with van der Waals surface area (Å²) in [7, 11) is 0. The number of carbonyl (C=O) groups is 1. The summed E-state index contributed by atoms with van der Waals surface area (Å²) in [5, 5.41) is 2.93. The Hall–Kier alpha value is -1.03. The molecule has 0 aliphatic rings. The molecule has 1 aromatic rings. The molecule has 0 spiro atoms. The lowest BCUT2D eigenvalue weighted by Crippen LogP contribution is -2.25. The first-order valence-corrected chi connectivity index (χ1v) is 8.24. The minimum absolute atomic E-state index is 0.0269. The SMILES string of the molecule is CCCCOc1ccc(C(=O)NCCC(Br)CC)cc1. The van der Waals surface area contributed by atoms with Crippen LogP contribution in [0.3, 0.4) is 0 Å². The third-order valence-electron chi connectivity index (χ3n) is 3.07. The molecule has 1 aromatic carbocycles. The molecule has 0 aliphatic carbocycles. The Morgan fingerprint density at radius 2 is 2.00 bits per heavy atom. The molecule has 112 valence electrons. The third-order valence-corrected chi connectivity index (χ3v) is 4.17. The maximum atomic E-state index is 11.9. The predicted octanol–water partition coefficient (Wildman–Crippen LogP) is 4.16. The van der Waals surface area contributed by atoms with Crippen LogP contribution < -0.4 is 10.1 Å². The second-order valence-corrected chi connectivity index (χ2v) is 6.07. The van der Waals surface area contributed by atoms with Crippen LogP contribution in [0.25, 0.3) is 0 Å². The van der Waals surface area contributed by atoms with Gasteiger partial charge in [-0.05, 0) is 43.5 Å². The van der Waals surface area contributed by atoms with Gasteiger partial charge in [-0.25, -0.2) is 0 Å². The summed E-state index contributed by atoms with van der Waals surface area (Å²) in [4.78, 5) is 12.4. The van der Waals surface area contributed by atoms with Crippen molar-refractivity contribution in [2.24, 2.45) is 0 Å². The van der Waals surface area contributed by atoms with Crippen LogP contribution in [0.1, 0.15) is 49.9 Å². The number of ether oxygens (including phenoxy) is 1. The minimum Gasteiger partial charge on any atom is -0.494 e. The zero-order valence-corrected chi connectivity index (χ0v) is 13.9. The number of nitrogens with one attached hydrogen (secondary N) is 1. The van der Waals surface area contributed by atoms with E-state index in [2.05, 4.69) is 35.1 Å². The molecule has 3 nitrogen and oxygen atoms in total. The first-order chi connectivity index (χ1) is 9.67. The first-order valence-electron chi connectivity index (χ1n) is 7.32. The van der Waals surface area contributed by atoms with E-state index in [4.69, 9.17) is 4.74 Å². The summed E-state index contributed by atoms with van der Waals surface area (Å²) in [5.74, 6) is 0.794. The molecule has 0 aromatic heterocycles. The van der Waals surface area contributed by atoms with Crippen LogP contribution in [-0.2, 0) is 0 Å². The van der Waals surface area contributed by atoms with Gasteiger partial charge in [-0.2, -0.15) is 0 Å². The fourth-order valence-corrected chi connectivity index (χ4v) is 1.91. The van der Waals surface area contributed by atoms with Gasteiger partial charge in [-0.15, -0.1) is 0 Å². The molecular formula is C16H24BrNO2. The van der Waals surface area contributed by atoms with Crippen LogP contribution in [0, 0.1) is 0 Å². The van der Waals surface area contributed by atoms with E-state index in [9.17, 15) is 4.79 Å². The largest absolute Gasteiger partial charge is 0.494 e. The molecule has 1 unspecified atom stereocenters. The smallest absolute Gasteiger partial charge is 0.251 e. The number of benzene rings is 1. The molecule has 1 amide bonds. The highest BCUT2D eigenvalue weighted by Crippen LogP contribution is 2.13. The second-order valence-electron chi connectivity index (χ2n) is 4.78. The number of carbonyl (C=O) groups excluding carboxylic acids is 1. The van der Waals surface area contributed by atoms with E-state index in [0.29, 0.717) is 16.9 Å². The first kappa shape index (κ1) is 17.0. The number of hydrogen-bond donors (Lipinski definition) is 1. The normalized spacial score (nSPS) is 11.9. The van der Waals surface area contributed by atoms with Gasteiger partial charge in [0.05, 0.1) is 6.61 Å². The predicted molar refractivity (Wildman–Crippen MR) is 86.8 cm³/mol. The molecule has 0 saturated heterocycles. The van der Waals surface area contributed by atoms with Gasteiger partial charge in [-0.3, -0.25) is 4.79 Å². The van der Waals surface area contributed by atoms with E-state index in [-0.39, 0.29) is 5.91 Å². The summed E-state index contributed by atoms with van der Waals surface area (Å²) >= 11 is 3.55. The average molecular weight is 342 g/mol. The Kier molecular flexibility index (Phi) is 8.35. The topological polar surface area (TPSA) is 38.3 Å². The summed E-state index contributed by atoms with van der Waals surface area (Å²) < 4.78 is 5.57. The van der Waals surface area contributed by atoms with Gasteiger partial charge in [-0.1, -0.05) is 36.2 Å². The number of unbranched alkanes of at least 4 members (excludes halogenated alkanes) is 1. The second kappa shape index (κ2) is 9.81. The van der Waals surface area contributed by atoms with Gasteiger partial charge in [0.2, 0.25) is 0 Å². The van der Waals surface area contributed by atoms with Crippen molar-refractivity contribution < 1.29 is 9.53 Å². The molecular weight excluding hydrogens is 318 g/mol. The van der Waals surface area contributed by atoms with E-state index >= 15 is 0 Å². The van der Waals surface area contributed by atoms with E-state index < -0.39 is 0 Å². The van der Waals surface area contributed by atoms with Crippen molar-refractivity contribution in [3.05, 3.63) is 29.8 Å². The fourth-order valence-electron chi connectivity index (χ4n) is 1.69. The Morgan fingerprint density at radius 1 is 1.30 bits per heavy atom. The van der Waals surface area contributed by atoms with Gasteiger partial charge in [0, 0.05) is 16.9 Å². The van der Waals surface area contributed by atoms with E-state index in [1.165, 1.54) is 0 Å². The van der Waals surface area contributed by atoms with Gasteiger partial charge < -0.3 is 10.1 Å². The zero-order valence-electron chi connectivity index (χ0n) is 12.3. The number of amides is 1. The summed E-state index contributed by atoms with van der Waals surface area (Å²) in [6, 6.07) is 7.32. The Labute approximate surface area is 130 Å². The molecule has 0 heterocycles. The molecule has 1 atom stereocenters. The lowest BCUT2D eigenvalue weighted by molar-refractivity contribution is 0.0953.